The Balaban J connectivity index is 0.00000329. The van der Waals surface area contributed by atoms with E-state index in [4.69, 9.17) is 21.1 Å². The van der Waals surface area contributed by atoms with Crippen molar-refractivity contribution in [2.75, 3.05) is 20.4 Å². The Morgan fingerprint density at radius 3 is 2.58 bits per heavy atom. The molecule has 10 nitrogen and oxygen atoms in total. The molecule has 0 spiro atoms. The van der Waals surface area contributed by atoms with Gasteiger partial charge in [-0.05, 0) is 69.5 Å². The van der Waals surface area contributed by atoms with Gasteiger partial charge >= 0.3 is 0 Å². The molecule has 223 valence electrons. The first kappa shape index (κ1) is 30.9. The number of nitrogens with one attached hydrogen (secondary N) is 1. The van der Waals surface area contributed by atoms with Gasteiger partial charge in [-0.1, -0.05) is 17.7 Å². The first-order valence-electron chi connectivity index (χ1n) is 14.1. The van der Waals surface area contributed by atoms with Crippen molar-refractivity contribution in [3.05, 3.63) is 74.1 Å². The molecule has 5 atom stereocenters. The molecule has 1 radical (unpaired) electrons. The molecule has 1 saturated heterocycles. The third-order valence-corrected chi connectivity index (χ3v) is 10.1. The number of carbonyl (C=O) groups is 1. The first-order chi connectivity index (χ1) is 20.1. The second kappa shape index (κ2) is 11.3. The summed E-state index contributed by atoms with van der Waals surface area (Å²) in [5.41, 5.74) is 5.90. The minimum Gasteiger partial charge on any atom is -0.507 e. The predicted molar refractivity (Wildman–Crippen MR) is 154 cm³/mol. The summed E-state index contributed by atoms with van der Waals surface area (Å²) >= 11 is 6.22. The molecular weight excluding hydrogens is 787 g/mol. The number of phenolic OH excluding ortho intramolecular Hbond substituents is 2. The van der Waals surface area contributed by atoms with E-state index in [0.29, 0.717) is 41.0 Å². The number of benzene rings is 2. The third kappa shape index (κ3) is 4.57. The van der Waals surface area contributed by atoms with Crippen LogP contribution in [-0.2, 0) is 12.8 Å². The number of aliphatic hydroxyl groups is 1. The van der Waals surface area contributed by atoms with Crippen LogP contribution in [0.5, 0.6) is 23.0 Å². The fourth-order valence-electron chi connectivity index (χ4n) is 7.56. The number of halogens is 1. The Morgan fingerprint density at radius 1 is 1.09 bits per heavy atom. The summed E-state index contributed by atoms with van der Waals surface area (Å²) in [6.45, 7) is 5.80. The predicted octanol–water partition coefficient (Wildman–Crippen LogP) is 3.43. The zero-order valence-electron chi connectivity index (χ0n) is 24.4. The molecule has 0 saturated carbocycles. The van der Waals surface area contributed by atoms with E-state index in [-0.39, 0.29) is 97.7 Å². The molecule has 0 aliphatic carbocycles. The van der Waals surface area contributed by atoms with E-state index in [0.717, 1.165) is 22.3 Å². The van der Waals surface area contributed by atoms with Gasteiger partial charge in [-0.2, -0.15) is 0 Å². The summed E-state index contributed by atoms with van der Waals surface area (Å²) in [6.07, 6.45) is 1.55. The number of aromatic hydroxyl groups is 2. The fraction of sp³-hybridized carbons (Fsp3) is 0.419. The van der Waals surface area contributed by atoms with Crippen molar-refractivity contribution >= 4 is 17.5 Å². The van der Waals surface area contributed by atoms with E-state index in [2.05, 4.69) is 21.3 Å². The van der Waals surface area contributed by atoms with Crippen LogP contribution < -0.4 is 14.8 Å². The van der Waals surface area contributed by atoms with Crippen molar-refractivity contribution in [2.24, 2.45) is 0 Å². The minimum atomic E-state index is -0.911. The number of nitrogens with zero attached hydrogens (tertiary/aromatic N) is 3. The molecule has 1 amide bonds. The van der Waals surface area contributed by atoms with Gasteiger partial charge in [0.05, 0.1) is 23.7 Å². The average molecular weight is 820 g/mol. The fourth-order valence-corrected chi connectivity index (χ4v) is 7.76. The molecule has 5 heterocycles. The Labute approximate surface area is 290 Å². The molecule has 2 aromatic carbocycles. The van der Waals surface area contributed by atoms with Gasteiger partial charge in [-0.3, -0.25) is 14.6 Å². The van der Waals surface area contributed by atoms with Crippen molar-refractivity contribution in [3.8, 4) is 23.0 Å². The molecule has 4 N–H and O–H groups in total. The van der Waals surface area contributed by atoms with Crippen LogP contribution >= 0.6 is 11.6 Å². The maximum Gasteiger partial charge on any atom is 0.254 e. The molecule has 4 aliphatic rings. The van der Waals surface area contributed by atoms with Crippen molar-refractivity contribution in [1.82, 2.24) is 20.1 Å². The molecule has 4 aliphatic heterocycles. The van der Waals surface area contributed by atoms with Gasteiger partial charge in [-0.25, -0.2) is 4.98 Å². The van der Waals surface area contributed by atoms with Gasteiger partial charge in [0.1, 0.15) is 22.9 Å². The van der Waals surface area contributed by atoms with Gasteiger partial charge in [-0.15, -0.1) is 0 Å². The van der Waals surface area contributed by atoms with E-state index in [9.17, 15) is 20.1 Å². The van der Waals surface area contributed by atoms with E-state index < -0.39 is 18.2 Å². The van der Waals surface area contributed by atoms with Crippen molar-refractivity contribution in [1.29, 1.82) is 0 Å². The molecule has 12 heteroatoms. The number of piperazine rings is 1. The molecule has 1 fully saturated rings. The molecule has 1 aromatic heterocycles. The number of rotatable bonds is 3. The summed E-state index contributed by atoms with van der Waals surface area (Å²) in [6, 6.07) is 3.91. The number of aromatic nitrogens is 1. The summed E-state index contributed by atoms with van der Waals surface area (Å²) < 4.78 is 11.7. The normalized spacial score (nSPS) is 25.3. The zero-order valence-corrected chi connectivity index (χ0v) is 29.9. The largest absolute Gasteiger partial charge is 0.507 e. The molecule has 1 unspecified atom stereocenters. The number of ether oxygens (including phenoxy) is 2. The number of phenols is 2. The maximum atomic E-state index is 13.3. The quantitative estimate of drug-likeness (QED) is 0.295. The van der Waals surface area contributed by atoms with E-state index in [1.807, 2.05) is 25.8 Å². The van der Waals surface area contributed by atoms with Crippen molar-refractivity contribution in [3.63, 3.8) is 0 Å². The molecule has 7 rings (SSSR count). The van der Waals surface area contributed by atoms with Crippen LogP contribution in [0.15, 0.2) is 24.4 Å². The summed E-state index contributed by atoms with van der Waals surface area (Å²) in [5, 5.41) is 38.1. The number of hydrogen-bond acceptors (Lipinski definition) is 9. The molecular formula is C31H33AcClN4O6. The Kier molecular flexibility index (Phi) is 8.15. The number of amides is 1. The zero-order chi connectivity index (χ0) is 29.6. The van der Waals surface area contributed by atoms with Crippen LogP contribution in [-0.4, -0.2) is 74.7 Å². The van der Waals surface area contributed by atoms with Crippen LogP contribution in [0.25, 0.3) is 0 Å². The van der Waals surface area contributed by atoms with Crippen LogP contribution in [0.2, 0.25) is 5.15 Å². The number of carbonyl (C=O) groups excluding carboxylic acids is 1. The molecule has 3 aromatic rings. The van der Waals surface area contributed by atoms with E-state index in [1.165, 1.54) is 6.20 Å². The van der Waals surface area contributed by atoms with E-state index in [1.54, 1.807) is 19.1 Å². The summed E-state index contributed by atoms with van der Waals surface area (Å²) in [4.78, 5) is 21.5. The molecule has 43 heavy (non-hydrogen) atoms. The SMILES string of the molecule is Cc1cc2c(c(O)c1C)[C@@H]1C3Cc4c(O)c(C)c5c(c4[C@H](CNC(=O)c4cccnc4Cl)N3[C@@H](O)[C@H](C2)N1C)OCO5.[Ac]. The Bertz CT molecular complexity index is 1650. The number of aryl methyl sites for hydroxylation is 1. The Hall–Kier alpha value is -2.13. The smallest absolute Gasteiger partial charge is 0.254 e. The number of hydrogen-bond donors (Lipinski definition) is 4. The van der Waals surface area contributed by atoms with Gasteiger partial charge < -0.3 is 30.1 Å². The monoisotopic (exact) mass is 819 g/mol. The topological polar surface area (TPSA) is 128 Å². The van der Waals surface area contributed by atoms with Crippen LogP contribution in [0.3, 0.4) is 0 Å². The van der Waals surface area contributed by atoms with Crippen molar-refractivity contribution in [2.45, 2.75) is 64.0 Å². The first-order valence-corrected chi connectivity index (χ1v) is 14.5. The number of fused-ring (bicyclic) bond motifs is 9. The van der Waals surface area contributed by atoms with Crippen LogP contribution in [0.4, 0.5) is 0 Å². The number of aliphatic hydroxyl groups excluding tert-OH is 1. The minimum absolute atomic E-state index is 0. The standard InChI is InChI=1S/C31H33ClN4O6.Ac/c1-13-8-16-9-20-31(40)36-19(24(35(20)4)22(16)26(38)14(13)2)10-18-23(28-27(41-12-42-28)15(3)25(18)37)21(36)11-34-30(39)17-6-5-7-33-29(17)32;/h5-8,19-21,24,31,37-38,40H,9-12H2,1-4H3,(H,34,39);/t19?,20-,21-,24-,31-;/m0./s1. The maximum absolute atomic E-state index is 13.3. The van der Waals surface area contributed by atoms with Gasteiger partial charge in [0.15, 0.2) is 11.5 Å². The van der Waals surface area contributed by atoms with Crippen LogP contribution in [0.1, 0.15) is 61.4 Å². The third-order valence-electron chi connectivity index (χ3n) is 9.75. The van der Waals surface area contributed by atoms with Crippen LogP contribution in [0, 0.1) is 64.8 Å². The number of pyridine rings is 1. The summed E-state index contributed by atoms with van der Waals surface area (Å²) in [5.74, 6) is 0.960. The second-order valence-corrected chi connectivity index (χ2v) is 12.1. The van der Waals surface area contributed by atoms with Gasteiger partial charge in [0, 0.05) is 85.1 Å². The van der Waals surface area contributed by atoms with Gasteiger partial charge in [0.2, 0.25) is 6.79 Å². The van der Waals surface area contributed by atoms with Gasteiger partial charge in [0.25, 0.3) is 5.91 Å². The molecule has 2 bridgehead atoms. The second-order valence-electron chi connectivity index (χ2n) is 11.8. The summed E-state index contributed by atoms with van der Waals surface area (Å²) in [7, 11) is 1.98. The number of likely N-dealkylation sites (N-methyl/N-ethyl adjacent to an activating group) is 1. The van der Waals surface area contributed by atoms with E-state index >= 15 is 0 Å². The Morgan fingerprint density at radius 2 is 1.84 bits per heavy atom. The average Bonchev–Trinajstić information content (AvgIpc) is 3.46. The van der Waals surface area contributed by atoms with Crippen molar-refractivity contribution < 1.29 is 73.7 Å².